The zero-order chi connectivity index (χ0) is 20.3. The first-order valence-electron chi connectivity index (χ1n) is 9.44. The zero-order valence-electron chi connectivity index (χ0n) is 16.1. The van der Waals surface area contributed by atoms with Crippen molar-refractivity contribution >= 4 is 17.3 Å². The van der Waals surface area contributed by atoms with Crippen LogP contribution in [0.1, 0.15) is 48.2 Å². The van der Waals surface area contributed by atoms with Crippen LogP contribution < -0.4 is 10.6 Å². The molecule has 0 radical (unpaired) electrons. The number of hydrogen-bond acceptors (Lipinski definition) is 5. The minimum Gasteiger partial charge on any atom is -0.383 e. The molecule has 2 aromatic rings. The Labute approximate surface area is 163 Å². The maximum atomic E-state index is 12.1. The van der Waals surface area contributed by atoms with Gasteiger partial charge in [-0.3, -0.25) is 14.9 Å². The molecule has 1 aliphatic rings. The second-order valence-corrected chi connectivity index (χ2v) is 7.51. The first-order valence-corrected chi connectivity index (χ1v) is 9.44. The van der Waals surface area contributed by atoms with Gasteiger partial charge in [-0.05, 0) is 56.4 Å². The number of nitrogens with zero attached hydrogens (tertiary/aromatic N) is 1. The van der Waals surface area contributed by atoms with Gasteiger partial charge in [0.25, 0.3) is 11.6 Å². The Hall–Kier alpha value is -2.93. The molecule has 1 aliphatic carbocycles. The average molecular weight is 383 g/mol. The number of anilines is 1. The fourth-order valence-corrected chi connectivity index (χ4v) is 3.64. The molecule has 0 heterocycles. The number of aryl methyl sites for hydroxylation is 1. The second kappa shape index (κ2) is 7.98. The van der Waals surface area contributed by atoms with Crippen LogP contribution in [0.2, 0.25) is 0 Å². The van der Waals surface area contributed by atoms with Gasteiger partial charge >= 0.3 is 0 Å². The molecule has 0 aliphatic heterocycles. The van der Waals surface area contributed by atoms with Crippen molar-refractivity contribution in [2.45, 2.75) is 44.8 Å². The van der Waals surface area contributed by atoms with Crippen LogP contribution in [0.4, 0.5) is 11.4 Å². The van der Waals surface area contributed by atoms with Crippen molar-refractivity contribution in [1.29, 1.82) is 0 Å². The molecule has 0 saturated carbocycles. The summed E-state index contributed by atoms with van der Waals surface area (Å²) in [7, 11) is 0. The third-order valence-electron chi connectivity index (χ3n) is 5.00. The standard InChI is InChI=1S/C21H25N3O4/c1-14(2)23-20(25)16-9-10-18(19(12-16)24(27)28)22-13-21(26)11-5-7-15-6-3-4-8-17(15)21/h3-4,6,8-10,12,14,22,26H,5,7,11,13H2,1-2H3,(H,23,25). The summed E-state index contributed by atoms with van der Waals surface area (Å²) in [5.41, 5.74) is 1.20. The van der Waals surface area contributed by atoms with Gasteiger partial charge in [-0.1, -0.05) is 24.3 Å². The molecule has 0 saturated heterocycles. The summed E-state index contributed by atoms with van der Waals surface area (Å²) in [5.74, 6) is -0.357. The highest BCUT2D eigenvalue weighted by Crippen LogP contribution is 2.36. The minimum absolute atomic E-state index is 0.0648. The third kappa shape index (κ3) is 4.14. The Bertz CT molecular complexity index is 897. The number of nitrogens with one attached hydrogen (secondary N) is 2. The summed E-state index contributed by atoms with van der Waals surface area (Å²) in [6.45, 7) is 3.80. The molecular formula is C21H25N3O4. The Morgan fingerprint density at radius 1 is 1.29 bits per heavy atom. The summed E-state index contributed by atoms with van der Waals surface area (Å²) in [5, 5.41) is 28.4. The molecule has 1 amide bonds. The van der Waals surface area contributed by atoms with Gasteiger partial charge in [0.2, 0.25) is 0 Å². The fourth-order valence-electron chi connectivity index (χ4n) is 3.64. The van der Waals surface area contributed by atoms with Gasteiger partial charge in [-0.15, -0.1) is 0 Å². The minimum atomic E-state index is -1.09. The van der Waals surface area contributed by atoms with E-state index in [1.165, 1.54) is 12.1 Å². The number of hydrogen-bond donors (Lipinski definition) is 3. The van der Waals surface area contributed by atoms with E-state index in [4.69, 9.17) is 0 Å². The van der Waals surface area contributed by atoms with Crippen molar-refractivity contribution in [3.05, 3.63) is 69.3 Å². The van der Waals surface area contributed by atoms with E-state index in [0.717, 1.165) is 24.0 Å². The van der Waals surface area contributed by atoms with Crippen LogP contribution in [0.3, 0.4) is 0 Å². The molecule has 0 aromatic heterocycles. The molecule has 0 spiro atoms. The normalized spacial score (nSPS) is 18.4. The molecule has 0 bridgehead atoms. The Morgan fingerprint density at radius 3 is 2.75 bits per heavy atom. The van der Waals surface area contributed by atoms with Gasteiger partial charge in [0, 0.05) is 24.2 Å². The van der Waals surface area contributed by atoms with E-state index in [-0.39, 0.29) is 35.4 Å². The number of fused-ring (bicyclic) bond motifs is 1. The number of rotatable bonds is 6. The summed E-state index contributed by atoms with van der Waals surface area (Å²) in [6.07, 6.45) is 2.35. The van der Waals surface area contributed by atoms with Gasteiger partial charge in [0.05, 0.1) is 4.92 Å². The van der Waals surface area contributed by atoms with Crippen LogP contribution in [0.5, 0.6) is 0 Å². The highest BCUT2D eigenvalue weighted by atomic mass is 16.6. The quantitative estimate of drug-likeness (QED) is 0.524. The maximum Gasteiger partial charge on any atom is 0.293 e. The molecule has 2 aromatic carbocycles. The number of nitro groups is 1. The average Bonchev–Trinajstić information content (AvgIpc) is 2.66. The van der Waals surface area contributed by atoms with Crippen molar-refractivity contribution in [3.8, 4) is 0 Å². The maximum absolute atomic E-state index is 12.1. The van der Waals surface area contributed by atoms with Gasteiger partial charge in [0.1, 0.15) is 11.3 Å². The Balaban J connectivity index is 1.83. The lowest BCUT2D eigenvalue weighted by Gasteiger charge is -2.35. The molecule has 7 nitrogen and oxygen atoms in total. The SMILES string of the molecule is CC(C)NC(=O)c1ccc(NCC2(O)CCCc3ccccc32)c([N+](=O)[O-])c1. The van der Waals surface area contributed by atoms with Crippen LogP contribution in [0.25, 0.3) is 0 Å². The first kappa shape index (κ1) is 19.8. The van der Waals surface area contributed by atoms with Crippen molar-refractivity contribution in [2.75, 3.05) is 11.9 Å². The Kier molecular flexibility index (Phi) is 5.65. The largest absolute Gasteiger partial charge is 0.383 e. The van der Waals surface area contributed by atoms with E-state index in [1.807, 2.05) is 38.1 Å². The highest BCUT2D eigenvalue weighted by Gasteiger charge is 2.34. The zero-order valence-corrected chi connectivity index (χ0v) is 16.1. The van der Waals surface area contributed by atoms with Gasteiger partial charge in [0.15, 0.2) is 0 Å². The summed E-state index contributed by atoms with van der Waals surface area (Å²) in [4.78, 5) is 23.1. The lowest BCUT2D eigenvalue weighted by molar-refractivity contribution is -0.384. The van der Waals surface area contributed by atoms with Crippen LogP contribution in [0.15, 0.2) is 42.5 Å². The molecule has 28 heavy (non-hydrogen) atoms. The van der Waals surface area contributed by atoms with Crippen LogP contribution in [-0.4, -0.2) is 28.5 Å². The van der Waals surface area contributed by atoms with E-state index in [9.17, 15) is 20.0 Å². The van der Waals surface area contributed by atoms with Gasteiger partial charge < -0.3 is 15.7 Å². The molecule has 3 rings (SSSR count). The van der Waals surface area contributed by atoms with E-state index in [1.54, 1.807) is 6.07 Å². The lowest BCUT2D eigenvalue weighted by Crippen LogP contribution is -2.37. The Morgan fingerprint density at radius 2 is 2.04 bits per heavy atom. The second-order valence-electron chi connectivity index (χ2n) is 7.51. The van der Waals surface area contributed by atoms with Crippen molar-refractivity contribution < 1.29 is 14.8 Å². The van der Waals surface area contributed by atoms with Crippen molar-refractivity contribution in [1.82, 2.24) is 5.32 Å². The van der Waals surface area contributed by atoms with E-state index < -0.39 is 10.5 Å². The van der Waals surface area contributed by atoms with Crippen molar-refractivity contribution in [3.63, 3.8) is 0 Å². The number of amides is 1. The molecule has 3 N–H and O–H groups in total. The highest BCUT2D eigenvalue weighted by molar-refractivity contribution is 5.95. The fraction of sp³-hybridized carbons (Fsp3) is 0.381. The molecule has 1 atom stereocenters. The molecule has 1 unspecified atom stereocenters. The monoisotopic (exact) mass is 383 g/mol. The number of nitro benzene ring substituents is 1. The number of benzene rings is 2. The summed E-state index contributed by atoms with van der Waals surface area (Å²) in [6, 6.07) is 12.0. The van der Waals surface area contributed by atoms with Crippen LogP contribution >= 0.6 is 0 Å². The van der Waals surface area contributed by atoms with Gasteiger partial charge in [-0.25, -0.2) is 0 Å². The van der Waals surface area contributed by atoms with E-state index >= 15 is 0 Å². The predicted octanol–water partition coefficient (Wildman–Crippen LogP) is 3.37. The van der Waals surface area contributed by atoms with Gasteiger partial charge in [-0.2, -0.15) is 0 Å². The van der Waals surface area contributed by atoms with E-state index in [2.05, 4.69) is 10.6 Å². The summed E-state index contributed by atoms with van der Waals surface area (Å²) >= 11 is 0. The number of aliphatic hydroxyl groups is 1. The molecular weight excluding hydrogens is 358 g/mol. The van der Waals surface area contributed by atoms with Crippen LogP contribution in [-0.2, 0) is 12.0 Å². The topological polar surface area (TPSA) is 104 Å². The van der Waals surface area contributed by atoms with Crippen LogP contribution in [0, 0.1) is 10.1 Å². The smallest absolute Gasteiger partial charge is 0.293 e. The number of carbonyl (C=O) groups is 1. The lowest BCUT2D eigenvalue weighted by atomic mass is 9.79. The van der Waals surface area contributed by atoms with Crippen molar-refractivity contribution in [2.24, 2.45) is 0 Å². The number of carbonyl (C=O) groups excluding carboxylic acids is 1. The summed E-state index contributed by atoms with van der Waals surface area (Å²) < 4.78 is 0. The van der Waals surface area contributed by atoms with E-state index in [0.29, 0.717) is 6.42 Å². The molecule has 148 valence electrons. The molecule has 7 heteroatoms. The third-order valence-corrected chi connectivity index (χ3v) is 5.00. The predicted molar refractivity (Wildman–Crippen MR) is 107 cm³/mol. The first-order chi connectivity index (χ1) is 13.3. The molecule has 0 fully saturated rings.